The van der Waals surface area contributed by atoms with Gasteiger partial charge in [-0.1, -0.05) is 6.92 Å². The van der Waals surface area contributed by atoms with E-state index in [1.54, 1.807) is 12.1 Å². The third-order valence-corrected chi connectivity index (χ3v) is 4.05. The van der Waals surface area contributed by atoms with Crippen molar-refractivity contribution in [1.29, 1.82) is 0 Å². The van der Waals surface area contributed by atoms with Crippen LogP contribution in [0.2, 0.25) is 0 Å². The van der Waals surface area contributed by atoms with Gasteiger partial charge < -0.3 is 24.8 Å². The van der Waals surface area contributed by atoms with E-state index in [4.69, 9.17) is 14.2 Å². The van der Waals surface area contributed by atoms with Crippen LogP contribution in [0.25, 0.3) is 0 Å². The molecule has 1 aliphatic rings. The maximum Gasteiger partial charge on any atom is 0.226 e. The highest BCUT2D eigenvalue weighted by Crippen LogP contribution is 2.40. The monoisotopic (exact) mass is 336 g/mol. The van der Waals surface area contributed by atoms with E-state index in [1.165, 1.54) is 21.3 Å². The number of rotatable bonds is 8. The molecule has 0 radical (unpaired) electrons. The molecule has 0 bridgehead atoms. The van der Waals surface area contributed by atoms with Crippen LogP contribution in [0.4, 0.5) is 5.69 Å². The summed E-state index contributed by atoms with van der Waals surface area (Å²) < 4.78 is 15.7. The van der Waals surface area contributed by atoms with Gasteiger partial charge in [0, 0.05) is 36.7 Å². The molecule has 7 heteroatoms. The Hall–Kier alpha value is -2.44. The van der Waals surface area contributed by atoms with Crippen molar-refractivity contribution >= 4 is 17.5 Å². The molecule has 1 saturated carbocycles. The Morgan fingerprint density at radius 2 is 1.71 bits per heavy atom. The van der Waals surface area contributed by atoms with Gasteiger partial charge in [0.2, 0.25) is 17.6 Å². The number of nitrogens with one attached hydrogen (secondary N) is 2. The highest BCUT2D eigenvalue weighted by molar-refractivity contribution is 5.92. The zero-order valence-electron chi connectivity index (χ0n) is 14.5. The van der Waals surface area contributed by atoms with Gasteiger partial charge in [-0.3, -0.25) is 9.59 Å². The summed E-state index contributed by atoms with van der Waals surface area (Å²) in [4.78, 5) is 23.7. The Labute approximate surface area is 141 Å². The minimum atomic E-state index is -0.201. The minimum Gasteiger partial charge on any atom is -0.493 e. The Morgan fingerprint density at radius 1 is 1.12 bits per heavy atom. The molecule has 7 nitrogen and oxygen atoms in total. The molecule has 0 spiro atoms. The SMILES string of the molecule is COc1cc(NC(=O)CCNC(=O)C2CC2C)cc(OC)c1OC. The molecule has 2 rings (SSSR count). The van der Waals surface area contributed by atoms with Gasteiger partial charge in [-0.2, -0.15) is 0 Å². The van der Waals surface area contributed by atoms with Crippen molar-refractivity contribution in [2.75, 3.05) is 33.2 Å². The lowest BCUT2D eigenvalue weighted by Gasteiger charge is -2.14. The predicted molar refractivity (Wildman–Crippen MR) is 89.6 cm³/mol. The van der Waals surface area contributed by atoms with Crippen LogP contribution in [-0.2, 0) is 9.59 Å². The first-order valence-corrected chi connectivity index (χ1v) is 7.87. The predicted octanol–water partition coefficient (Wildman–Crippen LogP) is 1.81. The summed E-state index contributed by atoms with van der Waals surface area (Å²) >= 11 is 0. The normalized spacial score (nSPS) is 18.5. The number of hydrogen-bond donors (Lipinski definition) is 2. The van der Waals surface area contributed by atoms with E-state index < -0.39 is 0 Å². The van der Waals surface area contributed by atoms with Crippen LogP contribution in [0.1, 0.15) is 19.8 Å². The minimum absolute atomic E-state index is 0.0306. The number of benzene rings is 1. The summed E-state index contributed by atoms with van der Waals surface area (Å²) in [5.41, 5.74) is 0.539. The number of amides is 2. The van der Waals surface area contributed by atoms with Gasteiger partial charge in [-0.25, -0.2) is 0 Å². The van der Waals surface area contributed by atoms with Gasteiger partial charge >= 0.3 is 0 Å². The van der Waals surface area contributed by atoms with E-state index in [-0.39, 0.29) is 24.2 Å². The molecule has 0 aromatic heterocycles. The van der Waals surface area contributed by atoms with Crippen LogP contribution in [0, 0.1) is 11.8 Å². The molecule has 0 aliphatic heterocycles. The first-order chi connectivity index (χ1) is 11.5. The lowest BCUT2D eigenvalue weighted by Crippen LogP contribution is -2.29. The van der Waals surface area contributed by atoms with Crippen LogP contribution >= 0.6 is 0 Å². The second-order valence-corrected chi connectivity index (χ2v) is 5.82. The largest absolute Gasteiger partial charge is 0.493 e. The lowest BCUT2D eigenvalue weighted by molar-refractivity contribution is -0.122. The van der Waals surface area contributed by atoms with E-state index >= 15 is 0 Å². The molecule has 132 valence electrons. The summed E-state index contributed by atoms with van der Waals surface area (Å²) in [6.45, 7) is 2.36. The highest BCUT2D eigenvalue weighted by atomic mass is 16.5. The van der Waals surface area contributed by atoms with Gasteiger partial charge in [0.05, 0.1) is 21.3 Å². The van der Waals surface area contributed by atoms with Crippen LogP contribution in [0.15, 0.2) is 12.1 Å². The zero-order chi connectivity index (χ0) is 17.7. The van der Waals surface area contributed by atoms with Gasteiger partial charge in [0.15, 0.2) is 11.5 Å². The van der Waals surface area contributed by atoms with E-state index in [0.717, 1.165) is 6.42 Å². The van der Waals surface area contributed by atoms with E-state index in [2.05, 4.69) is 10.6 Å². The molecular formula is C17H24N2O5. The van der Waals surface area contributed by atoms with Crippen molar-refractivity contribution in [1.82, 2.24) is 5.32 Å². The second kappa shape index (κ2) is 7.90. The number of hydrogen-bond acceptors (Lipinski definition) is 5. The number of methoxy groups -OCH3 is 3. The van der Waals surface area contributed by atoms with E-state index in [0.29, 0.717) is 35.4 Å². The first kappa shape index (κ1) is 17.9. The molecular weight excluding hydrogens is 312 g/mol. The van der Waals surface area contributed by atoms with Crippen LogP contribution in [-0.4, -0.2) is 39.7 Å². The summed E-state index contributed by atoms with van der Waals surface area (Å²) in [5, 5.41) is 5.55. The number of carbonyl (C=O) groups is 2. The van der Waals surface area contributed by atoms with Crippen molar-refractivity contribution in [3.8, 4) is 17.2 Å². The maximum atomic E-state index is 12.0. The maximum absolute atomic E-state index is 12.0. The molecule has 0 heterocycles. The number of anilines is 1. The number of ether oxygens (including phenoxy) is 3. The fraction of sp³-hybridized carbons (Fsp3) is 0.529. The summed E-state index contributed by atoms with van der Waals surface area (Å²) in [6.07, 6.45) is 1.13. The Bertz CT molecular complexity index is 592. The second-order valence-electron chi connectivity index (χ2n) is 5.82. The quantitative estimate of drug-likeness (QED) is 0.756. The van der Waals surface area contributed by atoms with Crippen LogP contribution < -0.4 is 24.8 Å². The molecule has 1 fully saturated rings. The zero-order valence-corrected chi connectivity index (χ0v) is 14.5. The van der Waals surface area contributed by atoms with Crippen molar-refractivity contribution in [3.05, 3.63) is 12.1 Å². The molecule has 2 atom stereocenters. The Morgan fingerprint density at radius 3 is 2.17 bits per heavy atom. The van der Waals surface area contributed by atoms with Crippen molar-refractivity contribution in [2.45, 2.75) is 19.8 Å². The third-order valence-electron chi connectivity index (χ3n) is 4.05. The van der Waals surface area contributed by atoms with Crippen LogP contribution in [0.3, 0.4) is 0 Å². The summed E-state index contributed by atoms with van der Waals surface area (Å²) in [7, 11) is 4.54. The molecule has 24 heavy (non-hydrogen) atoms. The summed E-state index contributed by atoms with van der Waals surface area (Å²) in [5.74, 6) is 1.79. The number of carbonyl (C=O) groups excluding carboxylic acids is 2. The third kappa shape index (κ3) is 4.31. The Balaban J connectivity index is 1.90. The fourth-order valence-electron chi connectivity index (χ4n) is 2.49. The van der Waals surface area contributed by atoms with Crippen molar-refractivity contribution in [3.63, 3.8) is 0 Å². The van der Waals surface area contributed by atoms with Crippen molar-refractivity contribution < 1.29 is 23.8 Å². The van der Waals surface area contributed by atoms with Gasteiger partial charge in [-0.05, 0) is 12.3 Å². The molecule has 1 aromatic carbocycles. The van der Waals surface area contributed by atoms with E-state index in [9.17, 15) is 9.59 Å². The fourth-order valence-corrected chi connectivity index (χ4v) is 2.49. The van der Waals surface area contributed by atoms with E-state index in [1.807, 2.05) is 6.92 Å². The molecule has 1 aliphatic carbocycles. The topological polar surface area (TPSA) is 85.9 Å². The average Bonchev–Trinajstić information content (AvgIpc) is 3.30. The first-order valence-electron chi connectivity index (χ1n) is 7.87. The standard InChI is InChI=1S/C17H24N2O5/c1-10-7-12(10)17(21)18-6-5-15(20)19-11-8-13(22-2)16(24-4)14(9-11)23-3/h8-10,12H,5-7H2,1-4H3,(H,18,21)(H,19,20). The average molecular weight is 336 g/mol. The van der Waals surface area contributed by atoms with Gasteiger partial charge in [0.25, 0.3) is 0 Å². The molecule has 0 saturated heterocycles. The van der Waals surface area contributed by atoms with Crippen LogP contribution in [0.5, 0.6) is 17.2 Å². The van der Waals surface area contributed by atoms with Crippen molar-refractivity contribution in [2.24, 2.45) is 11.8 Å². The molecule has 2 unspecified atom stereocenters. The Kier molecular flexibility index (Phi) is 5.89. The molecule has 2 amide bonds. The highest BCUT2D eigenvalue weighted by Gasteiger charge is 2.38. The molecule has 2 N–H and O–H groups in total. The lowest BCUT2D eigenvalue weighted by atomic mass is 10.2. The molecule has 1 aromatic rings. The van der Waals surface area contributed by atoms with Gasteiger partial charge in [0.1, 0.15) is 0 Å². The smallest absolute Gasteiger partial charge is 0.226 e. The van der Waals surface area contributed by atoms with Gasteiger partial charge in [-0.15, -0.1) is 0 Å². The summed E-state index contributed by atoms with van der Waals surface area (Å²) in [6, 6.07) is 3.31.